The van der Waals surface area contributed by atoms with Gasteiger partial charge in [0.15, 0.2) is 0 Å². The van der Waals surface area contributed by atoms with Gasteiger partial charge in [0.05, 0.1) is 0 Å². The Hall–Kier alpha value is -3.13. The molecule has 0 atom stereocenters. The summed E-state index contributed by atoms with van der Waals surface area (Å²) in [5.41, 5.74) is 7.48. The summed E-state index contributed by atoms with van der Waals surface area (Å²) in [5, 5.41) is 1.28. The number of aromatic nitrogens is 2. The lowest BCUT2D eigenvalue weighted by Gasteiger charge is -2.09. The summed E-state index contributed by atoms with van der Waals surface area (Å²) >= 11 is 0. The largest absolute Gasteiger partial charge is 0.318 e. The quantitative estimate of drug-likeness (QED) is 0.415. The maximum absolute atomic E-state index is 2.36. The van der Waals surface area contributed by atoms with Crippen LogP contribution in [0.15, 0.2) is 72.8 Å². The summed E-state index contributed by atoms with van der Waals surface area (Å²) in [6.45, 7) is 7.50. The van der Waals surface area contributed by atoms with Crippen molar-refractivity contribution in [3.63, 3.8) is 0 Å². The predicted molar refractivity (Wildman–Crippen MR) is 114 cm³/mol. The van der Waals surface area contributed by atoms with Gasteiger partial charge in [0.25, 0.3) is 0 Å². The van der Waals surface area contributed by atoms with Crippen molar-refractivity contribution >= 4 is 23.1 Å². The Kier molecular flexibility index (Phi) is 4.64. The second-order valence-corrected chi connectivity index (χ2v) is 6.89. The summed E-state index contributed by atoms with van der Waals surface area (Å²) in [6, 6.07) is 25.8. The standard InChI is InChI=1S/C25H25N2/c1-4-26-23(16-14-21-10-8-9-13-25(21)26)17-15-22-18-19(2)27(20(22)3)24-11-6-5-7-12-24/h5-18H,4H2,1-3H3/q+1. The molecule has 0 fully saturated rings. The van der Waals surface area contributed by atoms with E-state index in [-0.39, 0.29) is 0 Å². The Morgan fingerprint density at radius 3 is 2.37 bits per heavy atom. The predicted octanol–water partition coefficient (Wildman–Crippen LogP) is 5.73. The summed E-state index contributed by atoms with van der Waals surface area (Å²) in [5.74, 6) is 0. The molecule has 2 heterocycles. The second kappa shape index (κ2) is 7.24. The zero-order chi connectivity index (χ0) is 18.8. The van der Waals surface area contributed by atoms with Crippen LogP contribution in [0.3, 0.4) is 0 Å². The highest BCUT2D eigenvalue weighted by Gasteiger charge is 2.12. The van der Waals surface area contributed by atoms with E-state index in [0.29, 0.717) is 0 Å². The fraction of sp³-hybridized carbons (Fsp3) is 0.160. The van der Waals surface area contributed by atoms with Crippen LogP contribution in [-0.4, -0.2) is 4.57 Å². The normalized spacial score (nSPS) is 11.5. The van der Waals surface area contributed by atoms with E-state index in [0.717, 1.165) is 6.54 Å². The Labute approximate surface area is 161 Å². The number of nitrogens with zero attached hydrogens (tertiary/aromatic N) is 2. The highest BCUT2D eigenvalue weighted by atomic mass is 15.0. The van der Waals surface area contributed by atoms with Gasteiger partial charge in [-0.05, 0) is 62.7 Å². The molecule has 0 aliphatic rings. The SMILES string of the molecule is CC[n+]1c(/C=C/c2cc(C)n(-c3ccccc3)c2C)ccc2ccccc21. The molecule has 0 N–H and O–H groups in total. The lowest BCUT2D eigenvalue weighted by atomic mass is 10.1. The maximum Gasteiger partial charge on any atom is 0.212 e. The van der Waals surface area contributed by atoms with Crippen molar-refractivity contribution in [3.8, 4) is 5.69 Å². The molecule has 0 saturated heterocycles. The third-order valence-electron chi connectivity index (χ3n) is 5.21. The van der Waals surface area contributed by atoms with Crippen LogP contribution in [0.4, 0.5) is 0 Å². The molecule has 2 aromatic heterocycles. The van der Waals surface area contributed by atoms with Crippen LogP contribution in [0.2, 0.25) is 0 Å². The van der Waals surface area contributed by atoms with E-state index in [1.54, 1.807) is 0 Å². The lowest BCUT2D eigenvalue weighted by Crippen LogP contribution is -2.36. The molecule has 27 heavy (non-hydrogen) atoms. The molecule has 2 heteroatoms. The second-order valence-electron chi connectivity index (χ2n) is 6.89. The van der Waals surface area contributed by atoms with E-state index in [9.17, 15) is 0 Å². The van der Waals surface area contributed by atoms with Crippen LogP contribution >= 0.6 is 0 Å². The van der Waals surface area contributed by atoms with Gasteiger partial charge >= 0.3 is 0 Å². The number of para-hydroxylation sites is 2. The van der Waals surface area contributed by atoms with Gasteiger partial charge in [-0.15, -0.1) is 0 Å². The zero-order valence-electron chi connectivity index (χ0n) is 16.2. The first-order valence-corrected chi connectivity index (χ1v) is 9.53. The number of aryl methyl sites for hydroxylation is 2. The minimum Gasteiger partial charge on any atom is -0.318 e. The first-order chi connectivity index (χ1) is 13.2. The molecule has 2 aromatic carbocycles. The zero-order valence-corrected chi connectivity index (χ0v) is 16.2. The summed E-state index contributed by atoms with van der Waals surface area (Å²) < 4.78 is 4.68. The number of hydrogen-bond acceptors (Lipinski definition) is 0. The third-order valence-corrected chi connectivity index (χ3v) is 5.21. The molecule has 4 aromatic rings. The van der Waals surface area contributed by atoms with Crippen LogP contribution < -0.4 is 4.57 Å². The van der Waals surface area contributed by atoms with E-state index >= 15 is 0 Å². The molecule has 134 valence electrons. The molecule has 0 unspecified atom stereocenters. The lowest BCUT2D eigenvalue weighted by molar-refractivity contribution is -0.669. The molecule has 2 nitrogen and oxygen atoms in total. The van der Waals surface area contributed by atoms with Gasteiger partial charge in [0, 0.05) is 40.7 Å². The van der Waals surface area contributed by atoms with Crippen LogP contribution in [0.1, 0.15) is 29.6 Å². The molecular weight excluding hydrogens is 328 g/mol. The smallest absolute Gasteiger partial charge is 0.212 e. The fourth-order valence-electron chi connectivity index (χ4n) is 3.88. The van der Waals surface area contributed by atoms with E-state index in [1.807, 2.05) is 0 Å². The van der Waals surface area contributed by atoms with Gasteiger partial charge in [0.1, 0.15) is 6.54 Å². The molecule has 0 bridgehead atoms. The van der Waals surface area contributed by atoms with Crippen LogP contribution in [0.5, 0.6) is 0 Å². The van der Waals surface area contributed by atoms with Gasteiger partial charge < -0.3 is 4.57 Å². The highest BCUT2D eigenvalue weighted by Crippen LogP contribution is 2.22. The average Bonchev–Trinajstić information content (AvgIpc) is 2.99. The summed E-state index contributed by atoms with van der Waals surface area (Å²) in [4.78, 5) is 0. The Morgan fingerprint density at radius 1 is 0.852 bits per heavy atom. The molecule has 0 aliphatic carbocycles. The fourth-order valence-corrected chi connectivity index (χ4v) is 3.88. The average molecular weight is 353 g/mol. The molecule has 0 amide bonds. The Morgan fingerprint density at radius 2 is 1.59 bits per heavy atom. The Balaban J connectivity index is 1.75. The number of pyridine rings is 1. The van der Waals surface area contributed by atoms with E-state index in [1.165, 1.54) is 39.2 Å². The number of rotatable bonds is 4. The maximum atomic E-state index is 2.36. The van der Waals surface area contributed by atoms with Crippen molar-refractivity contribution in [2.45, 2.75) is 27.3 Å². The highest BCUT2D eigenvalue weighted by molar-refractivity contribution is 5.77. The Bertz CT molecular complexity index is 1120. The third kappa shape index (κ3) is 3.19. The van der Waals surface area contributed by atoms with Gasteiger partial charge in [-0.25, -0.2) is 0 Å². The number of fused-ring (bicyclic) bond motifs is 1. The van der Waals surface area contributed by atoms with Crippen molar-refractivity contribution < 1.29 is 4.57 Å². The van der Waals surface area contributed by atoms with Crippen LogP contribution in [-0.2, 0) is 6.54 Å². The van der Waals surface area contributed by atoms with Crippen LogP contribution in [0, 0.1) is 13.8 Å². The van der Waals surface area contributed by atoms with Gasteiger partial charge in [-0.2, -0.15) is 4.57 Å². The minimum atomic E-state index is 0.948. The van der Waals surface area contributed by atoms with Gasteiger partial charge in [0.2, 0.25) is 11.2 Å². The molecular formula is C25H25N2+. The molecule has 0 saturated carbocycles. The molecule has 0 aliphatic heterocycles. The van der Waals surface area contributed by atoms with Crippen LogP contribution in [0.25, 0.3) is 28.7 Å². The van der Waals surface area contributed by atoms with E-state index in [2.05, 4.69) is 115 Å². The van der Waals surface area contributed by atoms with Crippen molar-refractivity contribution in [2.24, 2.45) is 0 Å². The monoisotopic (exact) mass is 353 g/mol. The first kappa shape index (κ1) is 17.3. The van der Waals surface area contributed by atoms with Gasteiger partial charge in [-0.1, -0.05) is 30.3 Å². The molecule has 4 rings (SSSR count). The van der Waals surface area contributed by atoms with Crippen molar-refractivity contribution in [3.05, 3.63) is 95.4 Å². The van der Waals surface area contributed by atoms with E-state index in [4.69, 9.17) is 0 Å². The molecule has 0 spiro atoms. The van der Waals surface area contributed by atoms with E-state index < -0.39 is 0 Å². The summed E-state index contributed by atoms with van der Waals surface area (Å²) in [6.07, 6.45) is 4.46. The van der Waals surface area contributed by atoms with Gasteiger partial charge in [-0.3, -0.25) is 0 Å². The summed E-state index contributed by atoms with van der Waals surface area (Å²) in [7, 11) is 0. The van der Waals surface area contributed by atoms with Crippen molar-refractivity contribution in [2.75, 3.05) is 0 Å². The molecule has 0 radical (unpaired) electrons. The number of hydrogen-bond donors (Lipinski definition) is 0. The van der Waals surface area contributed by atoms with Crippen molar-refractivity contribution in [1.82, 2.24) is 4.57 Å². The first-order valence-electron chi connectivity index (χ1n) is 9.53. The minimum absolute atomic E-state index is 0.948. The number of benzene rings is 2. The topological polar surface area (TPSA) is 8.81 Å². The van der Waals surface area contributed by atoms with Crippen molar-refractivity contribution in [1.29, 1.82) is 0 Å².